The van der Waals surface area contributed by atoms with Gasteiger partial charge in [-0.3, -0.25) is 9.59 Å². The van der Waals surface area contributed by atoms with E-state index in [1.807, 2.05) is 30.3 Å². The number of carbonyl (C=O) groups excluding carboxylic acids is 2. The number of aromatic nitrogens is 2. The molecule has 2 aromatic carbocycles. The summed E-state index contributed by atoms with van der Waals surface area (Å²) in [6, 6.07) is 16.5. The number of imidazole rings is 1. The van der Waals surface area contributed by atoms with E-state index in [4.69, 9.17) is 10.5 Å². The number of aromatic amines is 1. The zero-order valence-electron chi connectivity index (χ0n) is 13.2. The van der Waals surface area contributed by atoms with Crippen LogP contribution in [0.15, 0.2) is 60.9 Å². The molecule has 7 heteroatoms. The SMILES string of the molecule is NC(=O)c1nc[nH]c1NC(=O)c1ccccc1OCc1ccccc1. The average Bonchev–Trinajstić information content (AvgIpc) is 3.09. The maximum absolute atomic E-state index is 12.5. The number of amides is 2. The monoisotopic (exact) mass is 336 g/mol. The van der Waals surface area contributed by atoms with Crippen molar-refractivity contribution in [2.45, 2.75) is 6.61 Å². The van der Waals surface area contributed by atoms with Crippen molar-refractivity contribution in [3.8, 4) is 5.75 Å². The summed E-state index contributed by atoms with van der Waals surface area (Å²) >= 11 is 0. The van der Waals surface area contributed by atoms with Gasteiger partial charge in [0, 0.05) is 0 Å². The lowest BCUT2D eigenvalue weighted by Crippen LogP contribution is -2.19. The second-order valence-electron chi connectivity index (χ2n) is 5.21. The number of benzene rings is 2. The molecule has 3 aromatic rings. The van der Waals surface area contributed by atoms with Crippen LogP contribution in [0.1, 0.15) is 26.4 Å². The van der Waals surface area contributed by atoms with Gasteiger partial charge in [0.2, 0.25) is 0 Å². The van der Waals surface area contributed by atoms with Gasteiger partial charge < -0.3 is 20.8 Å². The summed E-state index contributed by atoms with van der Waals surface area (Å²) in [6.45, 7) is 0.335. The molecule has 0 bridgehead atoms. The van der Waals surface area contributed by atoms with Crippen molar-refractivity contribution in [3.63, 3.8) is 0 Å². The Morgan fingerprint density at radius 1 is 1.08 bits per heavy atom. The van der Waals surface area contributed by atoms with Gasteiger partial charge >= 0.3 is 0 Å². The number of nitrogens with zero attached hydrogens (tertiary/aromatic N) is 1. The lowest BCUT2D eigenvalue weighted by molar-refractivity contribution is 0.0997. The Morgan fingerprint density at radius 3 is 2.56 bits per heavy atom. The van der Waals surface area contributed by atoms with Gasteiger partial charge in [-0.1, -0.05) is 42.5 Å². The molecule has 0 aliphatic heterocycles. The second-order valence-corrected chi connectivity index (χ2v) is 5.21. The predicted octanol–water partition coefficient (Wildman–Crippen LogP) is 2.34. The van der Waals surface area contributed by atoms with Crippen LogP contribution >= 0.6 is 0 Å². The van der Waals surface area contributed by atoms with E-state index in [-0.39, 0.29) is 11.5 Å². The van der Waals surface area contributed by atoms with Gasteiger partial charge in [-0.2, -0.15) is 0 Å². The first-order valence-electron chi connectivity index (χ1n) is 7.55. The molecule has 1 heterocycles. The van der Waals surface area contributed by atoms with Crippen molar-refractivity contribution in [3.05, 3.63) is 77.7 Å². The number of nitrogens with one attached hydrogen (secondary N) is 2. The molecular weight excluding hydrogens is 320 g/mol. The number of nitrogens with two attached hydrogens (primary N) is 1. The van der Waals surface area contributed by atoms with Crippen molar-refractivity contribution in [1.29, 1.82) is 0 Å². The van der Waals surface area contributed by atoms with Crippen molar-refractivity contribution < 1.29 is 14.3 Å². The van der Waals surface area contributed by atoms with E-state index in [9.17, 15) is 9.59 Å². The molecule has 0 aliphatic rings. The van der Waals surface area contributed by atoms with E-state index in [0.717, 1.165) is 5.56 Å². The van der Waals surface area contributed by atoms with Gasteiger partial charge in [-0.25, -0.2) is 4.98 Å². The fourth-order valence-corrected chi connectivity index (χ4v) is 2.27. The largest absolute Gasteiger partial charge is 0.488 e. The summed E-state index contributed by atoms with van der Waals surface area (Å²) in [5, 5.41) is 2.59. The number of primary amides is 1. The Kier molecular flexibility index (Phi) is 4.75. The van der Waals surface area contributed by atoms with Gasteiger partial charge in [0.05, 0.1) is 11.9 Å². The zero-order valence-corrected chi connectivity index (χ0v) is 13.2. The maximum atomic E-state index is 12.5. The van der Waals surface area contributed by atoms with E-state index < -0.39 is 11.8 Å². The standard InChI is InChI=1S/C18H16N4O3/c19-16(23)15-17(21-11-20-15)22-18(24)13-8-4-5-9-14(13)25-10-12-6-2-1-3-7-12/h1-9,11H,10H2,(H2,19,23)(H,20,21)(H,22,24). The minimum atomic E-state index is -0.731. The molecule has 3 rings (SSSR count). The van der Waals surface area contributed by atoms with Crippen molar-refractivity contribution >= 4 is 17.6 Å². The zero-order chi connectivity index (χ0) is 17.6. The summed E-state index contributed by atoms with van der Waals surface area (Å²) in [5.41, 5.74) is 6.51. The first-order valence-corrected chi connectivity index (χ1v) is 7.55. The maximum Gasteiger partial charge on any atom is 0.271 e. The van der Waals surface area contributed by atoms with Gasteiger partial charge in [-0.05, 0) is 17.7 Å². The Balaban J connectivity index is 1.76. The second kappa shape index (κ2) is 7.31. The molecular formula is C18H16N4O3. The first-order chi connectivity index (χ1) is 12.1. The number of carbonyl (C=O) groups is 2. The number of rotatable bonds is 6. The van der Waals surface area contributed by atoms with Crippen LogP contribution in [0.4, 0.5) is 5.82 Å². The topological polar surface area (TPSA) is 110 Å². The number of ether oxygens (including phenoxy) is 1. The van der Waals surface area contributed by atoms with Crippen LogP contribution in [-0.2, 0) is 6.61 Å². The highest BCUT2D eigenvalue weighted by atomic mass is 16.5. The molecule has 1 aromatic heterocycles. The number of hydrogen-bond acceptors (Lipinski definition) is 4. The highest BCUT2D eigenvalue weighted by Crippen LogP contribution is 2.21. The van der Waals surface area contributed by atoms with E-state index in [1.54, 1.807) is 24.3 Å². The van der Waals surface area contributed by atoms with Crippen LogP contribution in [0, 0.1) is 0 Å². The fraction of sp³-hybridized carbons (Fsp3) is 0.0556. The molecule has 0 radical (unpaired) electrons. The fourth-order valence-electron chi connectivity index (χ4n) is 2.27. The smallest absolute Gasteiger partial charge is 0.271 e. The van der Waals surface area contributed by atoms with E-state index in [0.29, 0.717) is 17.9 Å². The third kappa shape index (κ3) is 3.84. The third-order valence-electron chi connectivity index (χ3n) is 3.48. The lowest BCUT2D eigenvalue weighted by Gasteiger charge is -2.11. The van der Waals surface area contributed by atoms with Crippen molar-refractivity contribution in [1.82, 2.24) is 9.97 Å². The minimum Gasteiger partial charge on any atom is -0.488 e. The molecule has 0 spiro atoms. The molecule has 126 valence electrons. The van der Waals surface area contributed by atoms with Gasteiger partial charge in [-0.15, -0.1) is 0 Å². The third-order valence-corrected chi connectivity index (χ3v) is 3.48. The van der Waals surface area contributed by atoms with E-state index in [1.165, 1.54) is 6.33 Å². The summed E-state index contributed by atoms with van der Waals surface area (Å²) in [6.07, 6.45) is 1.29. The van der Waals surface area contributed by atoms with Gasteiger partial charge in [0.25, 0.3) is 11.8 Å². The van der Waals surface area contributed by atoms with Crippen LogP contribution in [0.2, 0.25) is 0 Å². The summed E-state index contributed by atoms with van der Waals surface area (Å²) in [7, 11) is 0. The Bertz CT molecular complexity index is 890. The number of hydrogen-bond donors (Lipinski definition) is 3. The number of anilines is 1. The summed E-state index contributed by atoms with van der Waals surface area (Å²) < 4.78 is 5.76. The molecule has 0 atom stereocenters. The van der Waals surface area contributed by atoms with Crippen molar-refractivity contribution in [2.24, 2.45) is 5.73 Å². The number of para-hydroxylation sites is 1. The molecule has 0 saturated heterocycles. The van der Waals surface area contributed by atoms with Gasteiger partial charge in [0.15, 0.2) is 5.69 Å². The van der Waals surface area contributed by atoms with Crippen LogP contribution in [0.3, 0.4) is 0 Å². The van der Waals surface area contributed by atoms with E-state index in [2.05, 4.69) is 15.3 Å². The first kappa shape index (κ1) is 16.3. The summed E-state index contributed by atoms with van der Waals surface area (Å²) in [5.74, 6) is -0.583. The highest BCUT2D eigenvalue weighted by molar-refractivity contribution is 6.08. The quantitative estimate of drug-likeness (QED) is 0.641. The van der Waals surface area contributed by atoms with Crippen LogP contribution in [-0.4, -0.2) is 21.8 Å². The Hall–Kier alpha value is -3.61. The lowest BCUT2D eigenvalue weighted by atomic mass is 10.2. The molecule has 0 fully saturated rings. The number of H-pyrrole nitrogens is 1. The van der Waals surface area contributed by atoms with Crippen LogP contribution < -0.4 is 15.8 Å². The minimum absolute atomic E-state index is 0.0314. The Labute approximate surface area is 143 Å². The highest BCUT2D eigenvalue weighted by Gasteiger charge is 2.17. The van der Waals surface area contributed by atoms with Crippen LogP contribution in [0.5, 0.6) is 5.75 Å². The van der Waals surface area contributed by atoms with Crippen molar-refractivity contribution in [2.75, 3.05) is 5.32 Å². The molecule has 25 heavy (non-hydrogen) atoms. The summed E-state index contributed by atoms with van der Waals surface area (Å²) in [4.78, 5) is 30.3. The molecule has 2 amide bonds. The normalized spacial score (nSPS) is 10.2. The van der Waals surface area contributed by atoms with Gasteiger partial charge in [0.1, 0.15) is 18.2 Å². The predicted molar refractivity (Wildman–Crippen MR) is 92.3 cm³/mol. The van der Waals surface area contributed by atoms with Crippen LogP contribution in [0.25, 0.3) is 0 Å². The molecule has 0 aliphatic carbocycles. The van der Waals surface area contributed by atoms with E-state index >= 15 is 0 Å². The Morgan fingerprint density at radius 2 is 1.80 bits per heavy atom. The molecule has 0 saturated carbocycles. The molecule has 0 unspecified atom stereocenters. The molecule has 4 N–H and O–H groups in total. The average molecular weight is 336 g/mol. The molecule has 7 nitrogen and oxygen atoms in total.